The van der Waals surface area contributed by atoms with Crippen LogP contribution in [-0.4, -0.2) is 38.8 Å². The smallest absolute Gasteiger partial charge is 0.224 e. The molecule has 0 radical (unpaired) electrons. The molecule has 1 aliphatic heterocycles. The maximum Gasteiger partial charge on any atom is 0.224 e. The van der Waals surface area contributed by atoms with Crippen LogP contribution in [0.2, 0.25) is 0 Å². The first-order valence-corrected chi connectivity index (χ1v) is 9.44. The number of carbonyl (C=O) groups excluding carboxylic acids is 1. The average molecular weight is 385 g/mol. The third kappa shape index (κ3) is 8.49. The second-order valence-corrected chi connectivity index (χ2v) is 6.79. The van der Waals surface area contributed by atoms with Crippen molar-refractivity contribution in [1.82, 2.24) is 5.32 Å². The standard InChI is InChI=1S/C20H32N2O3.ClH/c1-3-24-10-11-25-15-17-6-4-8-19(13-17)22-20(23)12-16(2)18-7-5-9-21-14-18;/h4,6,8,13,16,18,21H,3,5,7,9-12,14-15H2,1-2H3,(H,22,23);1H. The van der Waals surface area contributed by atoms with E-state index in [4.69, 9.17) is 9.47 Å². The van der Waals surface area contributed by atoms with Gasteiger partial charge in [-0.1, -0.05) is 19.1 Å². The molecule has 0 saturated carbocycles. The number of piperidine rings is 1. The van der Waals surface area contributed by atoms with Gasteiger partial charge in [-0.2, -0.15) is 0 Å². The van der Waals surface area contributed by atoms with Crippen LogP contribution in [0.3, 0.4) is 0 Å². The molecule has 0 bridgehead atoms. The van der Waals surface area contributed by atoms with Gasteiger partial charge in [0.25, 0.3) is 0 Å². The van der Waals surface area contributed by atoms with Crippen LogP contribution in [0.15, 0.2) is 24.3 Å². The molecule has 1 amide bonds. The Kier molecular flexibility index (Phi) is 11.5. The molecule has 2 atom stereocenters. The minimum atomic E-state index is 0. The first-order chi connectivity index (χ1) is 12.2. The van der Waals surface area contributed by atoms with Crippen LogP contribution < -0.4 is 10.6 Å². The summed E-state index contributed by atoms with van der Waals surface area (Å²) >= 11 is 0. The van der Waals surface area contributed by atoms with Crippen LogP contribution in [0.4, 0.5) is 5.69 Å². The maximum absolute atomic E-state index is 12.3. The first kappa shape index (κ1) is 22.9. The van der Waals surface area contributed by atoms with E-state index < -0.39 is 0 Å². The largest absolute Gasteiger partial charge is 0.379 e. The average Bonchev–Trinajstić information content (AvgIpc) is 2.62. The summed E-state index contributed by atoms with van der Waals surface area (Å²) in [6.45, 7) is 8.72. The summed E-state index contributed by atoms with van der Waals surface area (Å²) in [7, 11) is 0. The number of benzene rings is 1. The number of halogens is 1. The highest BCUT2D eigenvalue weighted by Gasteiger charge is 2.22. The van der Waals surface area contributed by atoms with E-state index in [0.29, 0.717) is 44.7 Å². The molecule has 1 fully saturated rings. The number of hydrogen-bond donors (Lipinski definition) is 2. The van der Waals surface area contributed by atoms with Gasteiger partial charge < -0.3 is 20.1 Å². The van der Waals surface area contributed by atoms with E-state index in [1.807, 2.05) is 31.2 Å². The molecule has 2 N–H and O–H groups in total. The molecule has 26 heavy (non-hydrogen) atoms. The lowest BCUT2D eigenvalue weighted by atomic mass is 9.85. The van der Waals surface area contributed by atoms with Crippen molar-refractivity contribution in [2.75, 3.05) is 38.2 Å². The van der Waals surface area contributed by atoms with E-state index in [1.165, 1.54) is 12.8 Å². The molecule has 6 heteroatoms. The van der Waals surface area contributed by atoms with Gasteiger partial charge in [-0.05, 0) is 62.4 Å². The third-order valence-corrected chi connectivity index (χ3v) is 4.70. The zero-order valence-electron chi connectivity index (χ0n) is 16.0. The Morgan fingerprint density at radius 3 is 2.88 bits per heavy atom. The number of amides is 1. The van der Waals surface area contributed by atoms with Gasteiger partial charge in [-0.15, -0.1) is 12.4 Å². The lowest BCUT2D eigenvalue weighted by Gasteiger charge is -2.28. The van der Waals surface area contributed by atoms with Gasteiger partial charge in [0.2, 0.25) is 5.91 Å². The monoisotopic (exact) mass is 384 g/mol. The summed E-state index contributed by atoms with van der Waals surface area (Å²) in [5, 5.41) is 6.45. The molecular weight excluding hydrogens is 352 g/mol. The van der Waals surface area contributed by atoms with Gasteiger partial charge in [0.1, 0.15) is 0 Å². The molecule has 5 nitrogen and oxygen atoms in total. The molecule has 0 aromatic heterocycles. The van der Waals surface area contributed by atoms with Crippen molar-refractivity contribution in [2.45, 2.75) is 39.7 Å². The summed E-state index contributed by atoms with van der Waals surface area (Å²) in [6, 6.07) is 7.86. The number of anilines is 1. The number of nitrogens with one attached hydrogen (secondary N) is 2. The van der Waals surface area contributed by atoms with E-state index in [2.05, 4.69) is 17.6 Å². The number of rotatable bonds is 10. The second kappa shape index (κ2) is 13.1. The van der Waals surface area contributed by atoms with Crippen LogP contribution >= 0.6 is 12.4 Å². The quantitative estimate of drug-likeness (QED) is 0.605. The Morgan fingerprint density at radius 1 is 1.35 bits per heavy atom. The number of carbonyl (C=O) groups is 1. The van der Waals surface area contributed by atoms with Crippen LogP contribution in [0.25, 0.3) is 0 Å². The maximum atomic E-state index is 12.3. The van der Waals surface area contributed by atoms with E-state index in [-0.39, 0.29) is 18.3 Å². The highest BCUT2D eigenvalue weighted by molar-refractivity contribution is 5.90. The van der Waals surface area contributed by atoms with Gasteiger partial charge in [0.15, 0.2) is 0 Å². The van der Waals surface area contributed by atoms with Gasteiger partial charge in [-0.3, -0.25) is 4.79 Å². The van der Waals surface area contributed by atoms with Crippen LogP contribution in [0, 0.1) is 11.8 Å². The molecule has 148 valence electrons. The topological polar surface area (TPSA) is 59.6 Å². The Hall–Kier alpha value is -1.14. The van der Waals surface area contributed by atoms with Crippen molar-refractivity contribution in [3.63, 3.8) is 0 Å². The van der Waals surface area contributed by atoms with Crippen molar-refractivity contribution < 1.29 is 14.3 Å². The van der Waals surface area contributed by atoms with Gasteiger partial charge in [0, 0.05) is 18.7 Å². The molecule has 1 heterocycles. The van der Waals surface area contributed by atoms with Crippen molar-refractivity contribution in [1.29, 1.82) is 0 Å². The molecule has 1 aromatic carbocycles. The molecule has 2 rings (SSSR count). The molecule has 1 saturated heterocycles. The Balaban J connectivity index is 0.00000338. The minimum Gasteiger partial charge on any atom is -0.379 e. The van der Waals surface area contributed by atoms with Crippen molar-refractivity contribution in [2.24, 2.45) is 11.8 Å². The zero-order chi connectivity index (χ0) is 17.9. The Bertz CT molecular complexity index is 522. The SMILES string of the molecule is CCOCCOCc1cccc(NC(=O)CC(C)C2CCCNC2)c1.Cl. The summed E-state index contributed by atoms with van der Waals surface area (Å²) in [5.74, 6) is 1.09. The molecule has 1 aliphatic rings. The van der Waals surface area contributed by atoms with Gasteiger partial charge >= 0.3 is 0 Å². The van der Waals surface area contributed by atoms with E-state index >= 15 is 0 Å². The normalized spacial score (nSPS) is 18.0. The highest BCUT2D eigenvalue weighted by atomic mass is 35.5. The third-order valence-electron chi connectivity index (χ3n) is 4.70. The van der Waals surface area contributed by atoms with Gasteiger partial charge in [-0.25, -0.2) is 0 Å². The first-order valence-electron chi connectivity index (χ1n) is 9.44. The summed E-state index contributed by atoms with van der Waals surface area (Å²) in [6.07, 6.45) is 3.00. The fraction of sp³-hybridized carbons (Fsp3) is 0.650. The summed E-state index contributed by atoms with van der Waals surface area (Å²) in [5.41, 5.74) is 1.89. The molecule has 2 unspecified atom stereocenters. The van der Waals surface area contributed by atoms with Crippen molar-refractivity contribution in [3.05, 3.63) is 29.8 Å². The lowest BCUT2D eigenvalue weighted by molar-refractivity contribution is -0.117. The zero-order valence-corrected chi connectivity index (χ0v) is 16.8. The molecule has 0 spiro atoms. The van der Waals surface area contributed by atoms with E-state index in [1.54, 1.807) is 0 Å². The minimum absolute atomic E-state index is 0. The van der Waals surface area contributed by atoms with Crippen LogP contribution in [0.1, 0.15) is 38.7 Å². The fourth-order valence-electron chi connectivity index (χ4n) is 3.23. The predicted octanol–water partition coefficient (Wildman–Crippen LogP) is 3.63. The Morgan fingerprint density at radius 2 is 2.15 bits per heavy atom. The number of hydrogen-bond acceptors (Lipinski definition) is 4. The molecular formula is C20H33ClN2O3. The number of ether oxygens (including phenoxy) is 2. The summed E-state index contributed by atoms with van der Waals surface area (Å²) in [4.78, 5) is 12.3. The van der Waals surface area contributed by atoms with E-state index in [9.17, 15) is 4.79 Å². The summed E-state index contributed by atoms with van der Waals surface area (Å²) < 4.78 is 10.8. The molecule has 1 aromatic rings. The fourth-order valence-corrected chi connectivity index (χ4v) is 3.23. The Labute approximate surface area is 163 Å². The van der Waals surface area contributed by atoms with Gasteiger partial charge in [0.05, 0.1) is 19.8 Å². The predicted molar refractivity (Wildman–Crippen MR) is 108 cm³/mol. The lowest BCUT2D eigenvalue weighted by Crippen LogP contribution is -2.34. The van der Waals surface area contributed by atoms with Crippen molar-refractivity contribution in [3.8, 4) is 0 Å². The second-order valence-electron chi connectivity index (χ2n) is 6.79. The van der Waals surface area contributed by atoms with Crippen molar-refractivity contribution >= 4 is 24.0 Å². The van der Waals surface area contributed by atoms with Crippen LogP contribution in [0.5, 0.6) is 0 Å². The molecule has 0 aliphatic carbocycles. The van der Waals surface area contributed by atoms with Crippen LogP contribution in [-0.2, 0) is 20.9 Å². The highest BCUT2D eigenvalue weighted by Crippen LogP contribution is 2.23. The van der Waals surface area contributed by atoms with E-state index in [0.717, 1.165) is 24.3 Å².